The molecule has 0 unspecified atom stereocenters. The summed E-state index contributed by atoms with van der Waals surface area (Å²) in [5.74, 6) is 2.26. The second kappa shape index (κ2) is 11.4. The van der Waals surface area contributed by atoms with Crippen LogP contribution >= 0.6 is 11.8 Å². The zero-order valence-electron chi connectivity index (χ0n) is 11.4. The van der Waals surface area contributed by atoms with Crippen molar-refractivity contribution in [3.63, 3.8) is 0 Å². The van der Waals surface area contributed by atoms with E-state index in [2.05, 4.69) is 11.6 Å². The number of unbranched alkanes of at least 4 members (excludes halogenated alkanes) is 2. The molecule has 0 aliphatic heterocycles. The number of thioether (sulfide) groups is 1. The van der Waals surface area contributed by atoms with E-state index in [9.17, 15) is 0 Å². The zero-order valence-corrected chi connectivity index (χ0v) is 12.2. The van der Waals surface area contributed by atoms with Crippen molar-refractivity contribution in [2.45, 2.75) is 25.7 Å². The van der Waals surface area contributed by atoms with Crippen molar-refractivity contribution in [1.29, 1.82) is 0 Å². The Bertz CT molecular complexity index is 279. The molecule has 1 aromatic carbocycles. The molecule has 0 spiro atoms. The van der Waals surface area contributed by atoms with Crippen molar-refractivity contribution >= 4 is 11.8 Å². The lowest BCUT2D eigenvalue weighted by Crippen LogP contribution is -2.18. The molecule has 3 heteroatoms. The monoisotopic (exact) mass is 267 g/mol. The summed E-state index contributed by atoms with van der Waals surface area (Å²) in [5, 5.41) is 3.46. The maximum absolute atomic E-state index is 5.62. The molecule has 2 nitrogen and oxygen atoms in total. The van der Waals surface area contributed by atoms with Gasteiger partial charge >= 0.3 is 0 Å². The van der Waals surface area contributed by atoms with Gasteiger partial charge in [0.2, 0.25) is 0 Å². The lowest BCUT2D eigenvalue weighted by molar-refractivity contribution is 0.308. The number of para-hydroxylation sites is 1. The minimum absolute atomic E-state index is 0.795. The first-order valence-corrected chi connectivity index (χ1v) is 8.20. The van der Waals surface area contributed by atoms with Crippen LogP contribution in [0, 0.1) is 0 Å². The molecule has 0 fully saturated rings. The lowest BCUT2D eigenvalue weighted by Gasteiger charge is -2.07. The molecule has 0 saturated heterocycles. The molecular formula is C15H25NOS. The molecule has 0 amide bonds. The highest BCUT2D eigenvalue weighted by molar-refractivity contribution is 7.98. The zero-order chi connectivity index (χ0) is 12.9. The number of rotatable bonds is 11. The molecule has 1 aromatic rings. The van der Waals surface area contributed by atoms with E-state index in [1.165, 1.54) is 25.0 Å². The highest BCUT2D eigenvalue weighted by Gasteiger charge is 1.92. The van der Waals surface area contributed by atoms with Gasteiger partial charge in [0.25, 0.3) is 0 Å². The SMILES string of the molecule is CSCCCCCNCCCOc1ccccc1. The Morgan fingerprint density at radius 1 is 1.00 bits per heavy atom. The van der Waals surface area contributed by atoms with Gasteiger partial charge in [-0.25, -0.2) is 0 Å². The van der Waals surface area contributed by atoms with Crippen LogP contribution in [0.25, 0.3) is 0 Å². The van der Waals surface area contributed by atoms with E-state index in [1.807, 2.05) is 42.1 Å². The summed E-state index contributed by atoms with van der Waals surface area (Å²) in [6.45, 7) is 2.98. The van der Waals surface area contributed by atoms with Crippen molar-refractivity contribution in [1.82, 2.24) is 5.32 Å². The fraction of sp³-hybridized carbons (Fsp3) is 0.600. The van der Waals surface area contributed by atoms with Gasteiger partial charge in [0.1, 0.15) is 5.75 Å². The third-order valence-corrected chi connectivity index (χ3v) is 3.41. The van der Waals surface area contributed by atoms with Gasteiger partial charge in [0.05, 0.1) is 6.61 Å². The highest BCUT2D eigenvalue weighted by Crippen LogP contribution is 2.08. The summed E-state index contributed by atoms with van der Waals surface area (Å²) < 4.78 is 5.62. The Morgan fingerprint density at radius 3 is 2.56 bits per heavy atom. The van der Waals surface area contributed by atoms with Crippen LogP contribution in [0.5, 0.6) is 5.75 Å². The fourth-order valence-corrected chi connectivity index (χ4v) is 2.19. The first kappa shape index (κ1) is 15.4. The Labute approximate surface area is 116 Å². The maximum Gasteiger partial charge on any atom is 0.119 e. The summed E-state index contributed by atoms with van der Waals surface area (Å²) in [4.78, 5) is 0. The van der Waals surface area contributed by atoms with Gasteiger partial charge in [0.15, 0.2) is 0 Å². The number of hydrogen-bond acceptors (Lipinski definition) is 3. The molecule has 0 radical (unpaired) electrons. The molecule has 18 heavy (non-hydrogen) atoms. The first-order valence-electron chi connectivity index (χ1n) is 6.81. The van der Waals surface area contributed by atoms with Crippen LogP contribution in [0.2, 0.25) is 0 Å². The topological polar surface area (TPSA) is 21.3 Å². The number of ether oxygens (including phenoxy) is 1. The smallest absolute Gasteiger partial charge is 0.119 e. The van der Waals surface area contributed by atoms with Crippen molar-refractivity contribution < 1.29 is 4.74 Å². The third kappa shape index (κ3) is 8.43. The van der Waals surface area contributed by atoms with Crippen molar-refractivity contribution in [3.05, 3.63) is 30.3 Å². The average Bonchev–Trinajstić information content (AvgIpc) is 2.42. The van der Waals surface area contributed by atoms with Crippen LogP contribution in [-0.2, 0) is 0 Å². The summed E-state index contributed by atoms with van der Waals surface area (Å²) in [7, 11) is 0. The first-order chi connectivity index (χ1) is 8.93. The van der Waals surface area contributed by atoms with Gasteiger partial charge in [-0.05, 0) is 56.5 Å². The Balaban J connectivity index is 1.82. The van der Waals surface area contributed by atoms with Gasteiger partial charge in [-0.3, -0.25) is 0 Å². The largest absolute Gasteiger partial charge is 0.494 e. The Kier molecular flexibility index (Phi) is 9.76. The molecule has 1 rings (SSSR count). The Hall–Kier alpha value is -0.670. The van der Waals surface area contributed by atoms with Gasteiger partial charge in [0, 0.05) is 0 Å². The van der Waals surface area contributed by atoms with E-state index in [-0.39, 0.29) is 0 Å². The molecule has 0 heterocycles. The van der Waals surface area contributed by atoms with E-state index in [4.69, 9.17) is 4.74 Å². The summed E-state index contributed by atoms with van der Waals surface area (Å²) >= 11 is 1.94. The minimum atomic E-state index is 0.795. The van der Waals surface area contributed by atoms with Crippen molar-refractivity contribution in [2.75, 3.05) is 31.7 Å². The molecule has 0 aromatic heterocycles. The van der Waals surface area contributed by atoms with E-state index in [0.717, 1.165) is 31.9 Å². The predicted molar refractivity (Wildman–Crippen MR) is 81.7 cm³/mol. The predicted octanol–water partition coefficient (Wildman–Crippen LogP) is 3.58. The lowest BCUT2D eigenvalue weighted by atomic mass is 10.2. The molecular weight excluding hydrogens is 242 g/mol. The maximum atomic E-state index is 5.62. The fourth-order valence-electron chi connectivity index (χ4n) is 1.70. The summed E-state index contributed by atoms with van der Waals surface area (Å²) in [6.07, 6.45) is 7.22. The second-order valence-electron chi connectivity index (χ2n) is 4.32. The van der Waals surface area contributed by atoms with Gasteiger partial charge in [-0.2, -0.15) is 11.8 Å². The van der Waals surface area contributed by atoms with Crippen LogP contribution in [0.1, 0.15) is 25.7 Å². The molecule has 0 saturated carbocycles. The normalized spacial score (nSPS) is 10.5. The summed E-state index contributed by atoms with van der Waals surface area (Å²) in [6, 6.07) is 10.0. The molecule has 0 bridgehead atoms. The van der Waals surface area contributed by atoms with E-state index in [1.54, 1.807) is 0 Å². The standard InChI is InChI=1S/C15H25NOS/c1-18-14-7-3-6-11-16-12-8-13-17-15-9-4-2-5-10-15/h2,4-5,9-10,16H,3,6-8,11-14H2,1H3. The molecule has 0 aliphatic carbocycles. The number of nitrogens with one attached hydrogen (secondary N) is 1. The van der Waals surface area contributed by atoms with Gasteiger partial charge in [-0.1, -0.05) is 24.6 Å². The number of hydrogen-bond donors (Lipinski definition) is 1. The summed E-state index contributed by atoms with van der Waals surface area (Å²) in [5.41, 5.74) is 0. The van der Waals surface area contributed by atoms with Crippen molar-refractivity contribution in [3.8, 4) is 5.75 Å². The van der Waals surface area contributed by atoms with Crippen LogP contribution in [-0.4, -0.2) is 31.7 Å². The van der Waals surface area contributed by atoms with Crippen molar-refractivity contribution in [2.24, 2.45) is 0 Å². The van der Waals surface area contributed by atoms with Gasteiger partial charge < -0.3 is 10.1 Å². The third-order valence-electron chi connectivity index (χ3n) is 2.71. The second-order valence-corrected chi connectivity index (χ2v) is 5.30. The molecule has 102 valence electrons. The molecule has 0 atom stereocenters. The highest BCUT2D eigenvalue weighted by atomic mass is 32.2. The number of benzene rings is 1. The molecule has 1 N–H and O–H groups in total. The van der Waals surface area contributed by atoms with Crippen LogP contribution in [0.3, 0.4) is 0 Å². The van der Waals surface area contributed by atoms with Crippen LogP contribution in [0.15, 0.2) is 30.3 Å². The van der Waals surface area contributed by atoms with Crippen LogP contribution < -0.4 is 10.1 Å². The van der Waals surface area contributed by atoms with Gasteiger partial charge in [-0.15, -0.1) is 0 Å². The van der Waals surface area contributed by atoms with Crippen LogP contribution in [0.4, 0.5) is 0 Å². The quantitative estimate of drug-likeness (QED) is 0.619. The van der Waals surface area contributed by atoms with E-state index < -0.39 is 0 Å². The minimum Gasteiger partial charge on any atom is -0.494 e. The Morgan fingerprint density at radius 2 is 1.78 bits per heavy atom. The average molecular weight is 267 g/mol. The van der Waals surface area contributed by atoms with E-state index in [0.29, 0.717) is 0 Å². The van der Waals surface area contributed by atoms with E-state index >= 15 is 0 Å². The molecule has 0 aliphatic rings.